The highest BCUT2D eigenvalue weighted by Gasteiger charge is 2.27. The molecule has 0 unspecified atom stereocenters. The number of rotatable bonds is 5. The van der Waals surface area contributed by atoms with Gasteiger partial charge in [-0.1, -0.05) is 13.8 Å². The first kappa shape index (κ1) is 18.1. The van der Waals surface area contributed by atoms with Gasteiger partial charge in [0.2, 0.25) is 5.91 Å². The zero-order valence-electron chi connectivity index (χ0n) is 16.2. The van der Waals surface area contributed by atoms with E-state index in [0.717, 1.165) is 55.3 Å². The summed E-state index contributed by atoms with van der Waals surface area (Å²) in [6, 6.07) is 0.290. The maximum atomic E-state index is 13.0. The van der Waals surface area contributed by atoms with E-state index < -0.39 is 0 Å². The van der Waals surface area contributed by atoms with Gasteiger partial charge < -0.3 is 14.8 Å². The second-order valence-electron chi connectivity index (χ2n) is 7.61. The fourth-order valence-electron chi connectivity index (χ4n) is 4.10. The van der Waals surface area contributed by atoms with Gasteiger partial charge in [0.25, 0.3) is 0 Å². The molecule has 2 aliphatic rings. The Bertz CT molecular complexity index is 811. The highest BCUT2D eigenvalue weighted by molar-refractivity contribution is 5.78. The number of hydrogen-bond acceptors (Lipinski definition) is 5. The highest BCUT2D eigenvalue weighted by Crippen LogP contribution is 2.24. The molecule has 0 bridgehead atoms. The Hall–Kier alpha value is -2.28. The summed E-state index contributed by atoms with van der Waals surface area (Å²) in [5.41, 5.74) is 2.19. The number of aromatic nitrogens is 4. The molecule has 2 aromatic rings. The Balaban J connectivity index is 1.41. The Morgan fingerprint density at radius 2 is 2.30 bits per heavy atom. The van der Waals surface area contributed by atoms with Crippen molar-refractivity contribution in [2.75, 3.05) is 13.1 Å². The van der Waals surface area contributed by atoms with Gasteiger partial charge in [-0.2, -0.15) is 0 Å². The number of carbonyl (C=O) groups excluding carboxylic acids is 1. The van der Waals surface area contributed by atoms with E-state index >= 15 is 0 Å². The van der Waals surface area contributed by atoms with Gasteiger partial charge in [0.1, 0.15) is 11.6 Å². The number of amides is 1. The largest absolute Gasteiger partial charge is 0.338 e. The number of imidazole rings is 1. The van der Waals surface area contributed by atoms with Crippen molar-refractivity contribution in [3.8, 4) is 0 Å². The molecule has 2 atom stereocenters. The molecule has 144 valence electrons. The average molecular weight is 368 g/mol. The van der Waals surface area contributed by atoms with Crippen molar-refractivity contribution in [2.45, 2.75) is 58.7 Å². The van der Waals surface area contributed by atoms with Gasteiger partial charge in [0.15, 0.2) is 0 Å². The van der Waals surface area contributed by atoms with Gasteiger partial charge in [0, 0.05) is 56.6 Å². The smallest absolute Gasteiger partial charge is 0.227 e. The molecule has 0 saturated carbocycles. The molecule has 1 saturated heterocycles. The van der Waals surface area contributed by atoms with Crippen LogP contribution in [-0.2, 0) is 30.7 Å². The molecule has 1 N–H and O–H groups in total. The summed E-state index contributed by atoms with van der Waals surface area (Å²) in [6.07, 6.45) is 9.66. The Labute approximate surface area is 160 Å². The summed E-state index contributed by atoms with van der Waals surface area (Å²) in [5.74, 6) is 2.05. The molecular formula is C20H28N6O. The summed E-state index contributed by atoms with van der Waals surface area (Å²) < 4.78 is 2.09. The van der Waals surface area contributed by atoms with E-state index in [1.165, 1.54) is 6.42 Å². The molecule has 2 aromatic heterocycles. The van der Waals surface area contributed by atoms with E-state index in [0.29, 0.717) is 13.1 Å². The molecular weight excluding hydrogens is 340 g/mol. The molecule has 0 spiro atoms. The summed E-state index contributed by atoms with van der Waals surface area (Å²) in [7, 11) is 0. The van der Waals surface area contributed by atoms with Crippen LogP contribution in [0.15, 0.2) is 18.6 Å². The Morgan fingerprint density at radius 1 is 1.41 bits per heavy atom. The summed E-state index contributed by atoms with van der Waals surface area (Å²) in [6.45, 7) is 7.15. The molecule has 4 heterocycles. The molecule has 27 heavy (non-hydrogen) atoms. The predicted octanol–water partition coefficient (Wildman–Crippen LogP) is 1.88. The standard InChI is InChI=1S/C20H28N6O/c1-3-18-22-8-10-25(18)12-14(2)20(27)26-9-6-16-15(13-26)11-23-19(24-16)17-5-4-7-21-17/h8,10-11,14,17,21H,3-7,9,12-13H2,1-2H3/t14-,17-/m1/s1. The summed E-state index contributed by atoms with van der Waals surface area (Å²) in [4.78, 5) is 28.6. The maximum Gasteiger partial charge on any atom is 0.227 e. The van der Waals surface area contributed by atoms with Crippen LogP contribution in [0.4, 0.5) is 0 Å². The lowest BCUT2D eigenvalue weighted by Crippen LogP contribution is -2.40. The fourth-order valence-corrected chi connectivity index (χ4v) is 4.10. The van der Waals surface area contributed by atoms with E-state index in [4.69, 9.17) is 4.98 Å². The molecule has 1 fully saturated rings. The minimum Gasteiger partial charge on any atom is -0.338 e. The van der Waals surface area contributed by atoms with Crippen LogP contribution in [0.2, 0.25) is 0 Å². The van der Waals surface area contributed by atoms with Crippen LogP contribution < -0.4 is 5.32 Å². The SMILES string of the molecule is CCc1nccn1C[C@@H](C)C(=O)N1CCc2nc([C@H]3CCCN3)ncc2C1. The predicted molar refractivity (Wildman–Crippen MR) is 102 cm³/mol. The summed E-state index contributed by atoms with van der Waals surface area (Å²) in [5, 5.41) is 3.45. The molecule has 0 aliphatic carbocycles. The maximum absolute atomic E-state index is 13.0. The first-order chi connectivity index (χ1) is 13.2. The molecule has 0 radical (unpaired) electrons. The quantitative estimate of drug-likeness (QED) is 0.872. The highest BCUT2D eigenvalue weighted by atomic mass is 16.2. The summed E-state index contributed by atoms with van der Waals surface area (Å²) >= 11 is 0. The second kappa shape index (κ2) is 7.76. The lowest BCUT2D eigenvalue weighted by molar-refractivity contribution is -0.136. The third-order valence-electron chi connectivity index (χ3n) is 5.65. The van der Waals surface area contributed by atoms with Crippen LogP contribution in [0.5, 0.6) is 0 Å². The van der Waals surface area contributed by atoms with Crippen LogP contribution >= 0.6 is 0 Å². The zero-order chi connectivity index (χ0) is 18.8. The first-order valence-electron chi connectivity index (χ1n) is 10.0. The second-order valence-corrected chi connectivity index (χ2v) is 7.61. The molecule has 4 rings (SSSR count). The van der Waals surface area contributed by atoms with E-state index in [-0.39, 0.29) is 17.9 Å². The van der Waals surface area contributed by atoms with Crippen molar-refractivity contribution in [1.29, 1.82) is 0 Å². The lowest BCUT2D eigenvalue weighted by atomic mass is 10.0. The fraction of sp³-hybridized carbons (Fsp3) is 0.600. The number of fused-ring (bicyclic) bond motifs is 1. The van der Waals surface area contributed by atoms with Crippen molar-refractivity contribution < 1.29 is 4.79 Å². The number of nitrogens with one attached hydrogen (secondary N) is 1. The number of aryl methyl sites for hydroxylation is 1. The van der Waals surface area contributed by atoms with Gasteiger partial charge in [-0.25, -0.2) is 15.0 Å². The molecule has 0 aromatic carbocycles. The van der Waals surface area contributed by atoms with Gasteiger partial charge in [0.05, 0.1) is 17.7 Å². The molecule has 1 amide bonds. The zero-order valence-corrected chi connectivity index (χ0v) is 16.2. The monoisotopic (exact) mass is 368 g/mol. The van der Waals surface area contributed by atoms with E-state index in [1.807, 2.05) is 24.2 Å². The van der Waals surface area contributed by atoms with Gasteiger partial charge in [-0.3, -0.25) is 4.79 Å². The number of nitrogens with zero attached hydrogens (tertiary/aromatic N) is 5. The van der Waals surface area contributed by atoms with E-state index in [1.54, 1.807) is 6.20 Å². The van der Waals surface area contributed by atoms with Crippen molar-refractivity contribution in [3.63, 3.8) is 0 Å². The van der Waals surface area contributed by atoms with Crippen LogP contribution in [0.3, 0.4) is 0 Å². The Morgan fingerprint density at radius 3 is 3.07 bits per heavy atom. The first-order valence-corrected chi connectivity index (χ1v) is 10.0. The minimum absolute atomic E-state index is 0.0751. The van der Waals surface area contributed by atoms with Crippen molar-refractivity contribution in [3.05, 3.63) is 41.5 Å². The third-order valence-corrected chi connectivity index (χ3v) is 5.65. The van der Waals surface area contributed by atoms with Gasteiger partial charge in [-0.05, 0) is 19.4 Å². The molecule has 7 nitrogen and oxygen atoms in total. The number of hydrogen-bond donors (Lipinski definition) is 1. The Kier molecular flexibility index (Phi) is 5.20. The third kappa shape index (κ3) is 3.74. The van der Waals surface area contributed by atoms with Crippen LogP contribution in [-0.4, -0.2) is 43.4 Å². The van der Waals surface area contributed by atoms with Crippen molar-refractivity contribution in [1.82, 2.24) is 29.7 Å². The number of carbonyl (C=O) groups is 1. The lowest BCUT2D eigenvalue weighted by Gasteiger charge is -2.30. The van der Waals surface area contributed by atoms with Crippen molar-refractivity contribution in [2.24, 2.45) is 5.92 Å². The van der Waals surface area contributed by atoms with Gasteiger partial charge in [-0.15, -0.1) is 0 Å². The molecule has 7 heteroatoms. The van der Waals surface area contributed by atoms with E-state index in [9.17, 15) is 4.79 Å². The normalized spacial score (nSPS) is 20.5. The molecule has 2 aliphatic heterocycles. The van der Waals surface area contributed by atoms with Crippen LogP contribution in [0.25, 0.3) is 0 Å². The van der Waals surface area contributed by atoms with Crippen molar-refractivity contribution >= 4 is 5.91 Å². The van der Waals surface area contributed by atoms with Crippen LogP contribution in [0.1, 0.15) is 55.6 Å². The van der Waals surface area contributed by atoms with E-state index in [2.05, 4.69) is 26.8 Å². The topological polar surface area (TPSA) is 75.9 Å². The minimum atomic E-state index is -0.0751. The van der Waals surface area contributed by atoms with Gasteiger partial charge >= 0.3 is 0 Å². The average Bonchev–Trinajstić information content (AvgIpc) is 3.38. The van der Waals surface area contributed by atoms with Crippen LogP contribution in [0, 0.1) is 5.92 Å².